The summed E-state index contributed by atoms with van der Waals surface area (Å²) in [6, 6.07) is 9.26. The van der Waals surface area contributed by atoms with Crippen LogP contribution >= 0.6 is 0 Å². The van der Waals surface area contributed by atoms with Gasteiger partial charge >= 0.3 is 6.16 Å². The van der Waals surface area contributed by atoms with Crippen molar-refractivity contribution in [3.63, 3.8) is 0 Å². The molecular formula is C8H10N2O3. The predicted molar refractivity (Wildman–Crippen MR) is 45.0 cm³/mol. The molecule has 0 amide bonds. The number of nitrogens with two attached hydrogens (primary N) is 1. The van der Waals surface area contributed by atoms with E-state index in [1.165, 1.54) is 0 Å². The molecule has 0 aliphatic heterocycles. The van der Waals surface area contributed by atoms with Crippen LogP contribution in [0.2, 0.25) is 0 Å². The summed E-state index contributed by atoms with van der Waals surface area (Å²) in [5, 5.41) is 0. The summed E-state index contributed by atoms with van der Waals surface area (Å²) < 4.78 is 4.66. The first-order valence-electron chi connectivity index (χ1n) is 3.66. The molecule has 0 spiro atoms. The number of nitrogens with one attached hydrogen (secondary N) is 1. The summed E-state index contributed by atoms with van der Waals surface area (Å²) in [6.07, 6.45) is -0.855. The average molecular weight is 182 g/mol. The molecule has 0 heterocycles. The topological polar surface area (TPSA) is 73.6 Å². The van der Waals surface area contributed by atoms with Crippen molar-refractivity contribution >= 4 is 6.16 Å². The minimum Gasteiger partial charge on any atom is -0.428 e. The van der Waals surface area contributed by atoms with Gasteiger partial charge in [0.05, 0.1) is 0 Å². The molecule has 0 bridgehead atoms. The fraction of sp³-hybridized carbons (Fsp3) is 0.125. The normalized spacial score (nSPS) is 9.31. The Bertz CT molecular complexity index is 263. The molecule has 0 radical (unpaired) electrons. The number of carbonyl (C=O) groups is 1. The summed E-state index contributed by atoms with van der Waals surface area (Å²) in [4.78, 5) is 14.8. The zero-order valence-corrected chi connectivity index (χ0v) is 6.90. The predicted octanol–water partition coefficient (Wildman–Crippen LogP) is 0.718. The number of rotatable bonds is 3. The van der Waals surface area contributed by atoms with Crippen molar-refractivity contribution in [2.75, 3.05) is 0 Å². The van der Waals surface area contributed by atoms with E-state index in [1.54, 1.807) is 5.59 Å². The first-order chi connectivity index (χ1) is 6.33. The highest BCUT2D eigenvalue weighted by atomic mass is 16.8. The maximum absolute atomic E-state index is 10.6. The molecule has 0 aliphatic rings. The van der Waals surface area contributed by atoms with Crippen LogP contribution in [0.5, 0.6) is 0 Å². The molecule has 0 aromatic heterocycles. The van der Waals surface area contributed by atoms with E-state index in [0.29, 0.717) is 0 Å². The van der Waals surface area contributed by atoms with E-state index in [2.05, 4.69) is 9.57 Å². The Hall–Kier alpha value is -1.59. The molecular weight excluding hydrogens is 172 g/mol. The Balaban J connectivity index is 2.31. The minimum atomic E-state index is -0.855. The van der Waals surface area contributed by atoms with Gasteiger partial charge in [0, 0.05) is 0 Å². The van der Waals surface area contributed by atoms with Gasteiger partial charge in [0.15, 0.2) is 0 Å². The van der Waals surface area contributed by atoms with Gasteiger partial charge in [0.1, 0.15) is 6.61 Å². The summed E-state index contributed by atoms with van der Waals surface area (Å²) in [5.74, 6) is 4.73. The van der Waals surface area contributed by atoms with Crippen LogP contribution in [0.3, 0.4) is 0 Å². The zero-order chi connectivity index (χ0) is 9.52. The van der Waals surface area contributed by atoms with Crippen LogP contribution in [0.25, 0.3) is 0 Å². The molecule has 13 heavy (non-hydrogen) atoms. The van der Waals surface area contributed by atoms with E-state index in [1.807, 2.05) is 30.3 Å². The summed E-state index contributed by atoms with van der Waals surface area (Å²) in [5.41, 5.74) is 2.61. The second-order valence-corrected chi connectivity index (χ2v) is 2.24. The third kappa shape index (κ3) is 3.55. The van der Waals surface area contributed by atoms with Gasteiger partial charge in [-0.1, -0.05) is 35.9 Å². The van der Waals surface area contributed by atoms with Gasteiger partial charge < -0.3 is 9.57 Å². The smallest absolute Gasteiger partial charge is 0.428 e. The number of hydrogen-bond acceptors (Lipinski definition) is 5. The van der Waals surface area contributed by atoms with E-state index < -0.39 is 6.16 Å². The van der Waals surface area contributed by atoms with E-state index >= 15 is 0 Å². The number of benzene rings is 1. The number of hydrazine groups is 1. The minimum absolute atomic E-state index is 0.168. The lowest BCUT2D eigenvalue weighted by molar-refractivity contribution is 0.0121. The van der Waals surface area contributed by atoms with Crippen LogP contribution in [0.4, 0.5) is 4.79 Å². The van der Waals surface area contributed by atoms with Gasteiger partial charge in [-0.25, -0.2) is 10.6 Å². The Morgan fingerprint density at radius 1 is 1.38 bits per heavy atom. The molecule has 0 aliphatic carbocycles. The molecule has 70 valence electrons. The highest BCUT2D eigenvalue weighted by Crippen LogP contribution is 2.00. The summed E-state index contributed by atoms with van der Waals surface area (Å²) in [7, 11) is 0. The first kappa shape index (κ1) is 9.50. The van der Waals surface area contributed by atoms with Gasteiger partial charge in [-0.2, -0.15) is 0 Å². The largest absolute Gasteiger partial charge is 0.529 e. The van der Waals surface area contributed by atoms with Crippen molar-refractivity contribution < 1.29 is 14.4 Å². The highest BCUT2D eigenvalue weighted by molar-refractivity contribution is 5.59. The van der Waals surface area contributed by atoms with Crippen LogP contribution < -0.4 is 11.4 Å². The SMILES string of the molecule is NNOC(=O)OCc1ccccc1. The second kappa shape index (κ2) is 5.13. The fourth-order valence-electron chi connectivity index (χ4n) is 0.794. The van der Waals surface area contributed by atoms with E-state index in [9.17, 15) is 4.79 Å². The van der Waals surface area contributed by atoms with Crippen molar-refractivity contribution in [3.05, 3.63) is 35.9 Å². The van der Waals surface area contributed by atoms with Crippen molar-refractivity contribution in [1.82, 2.24) is 5.59 Å². The molecule has 1 aromatic rings. The standard InChI is InChI=1S/C8H10N2O3/c9-10-13-8(11)12-6-7-4-2-1-3-5-7/h1-5,10H,6,9H2. The van der Waals surface area contributed by atoms with Gasteiger partial charge in [0.2, 0.25) is 0 Å². The lowest BCUT2D eigenvalue weighted by atomic mass is 10.2. The summed E-state index contributed by atoms with van der Waals surface area (Å²) in [6.45, 7) is 0.168. The van der Waals surface area contributed by atoms with Gasteiger partial charge in [-0.3, -0.25) is 0 Å². The molecule has 0 saturated heterocycles. The van der Waals surface area contributed by atoms with Crippen molar-refractivity contribution in [2.24, 2.45) is 5.84 Å². The fourth-order valence-corrected chi connectivity index (χ4v) is 0.794. The number of hydrogen-bond donors (Lipinski definition) is 2. The number of carbonyl (C=O) groups excluding carboxylic acids is 1. The Kier molecular flexibility index (Phi) is 3.74. The third-order valence-electron chi connectivity index (χ3n) is 1.34. The molecule has 1 rings (SSSR count). The van der Waals surface area contributed by atoms with E-state index in [4.69, 9.17) is 5.84 Å². The average Bonchev–Trinajstić information content (AvgIpc) is 2.17. The lowest BCUT2D eigenvalue weighted by Crippen LogP contribution is -2.26. The molecule has 5 heteroatoms. The van der Waals surface area contributed by atoms with Crippen LogP contribution in [0, 0.1) is 0 Å². The highest BCUT2D eigenvalue weighted by Gasteiger charge is 2.02. The molecule has 0 saturated carbocycles. The van der Waals surface area contributed by atoms with Crippen LogP contribution in [-0.2, 0) is 16.2 Å². The third-order valence-corrected chi connectivity index (χ3v) is 1.34. The van der Waals surface area contributed by atoms with Crippen LogP contribution in [0.1, 0.15) is 5.56 Å². The Labute approximate surface area is 75.4 Å². The Morgan fingerprint density at radius 3 is 2.69 bits per heavy atom. The first-order valence-corrected chi connectivity index (χ1v) is 3.66. The molecule has 0 unspecified atom stereocenters. The van der Waals surface area contributed by atoms with Crippen molar-refractivity contribution in [1.29, 1.82) is 0 Å². The molecule has 5 nitrogen and oxygen atoms in total. The number of ether oxygens (including phenoxy) is 1. The van der Waals surface area contributed by atoms with Crippen LogP contribution in [-0.4, -0.2) is 6.16 Å². The van der Waals surface area contributed by atoms with Gasteiger partial charge in [-0.05, 0) is 5.56 Å². The van der Waals surface area contributed by atoms with Crippen LogP contribution in [0.15, 0.2) is 30.3 Å². The van der Waals surface area contributed by atoms with Crippen molar-refractivity contribution in [2.45, 2.75) is 6.61 Å². The monoisotopic (exact) mass is 182 g/mol. The van der Waals surface area contributed by atoms with E-state index in [-0.39, 0.29) is 6.61 Å². The maximum Gasteiger partial charge on any atom is 0.529 e. The quantitative estimate of drug-likeness (QED) is 0.409. The molecule has 1 aromatic carbocycles. The van der Waals surface area contributed by atoms with E-state index in [0.717, 1.165) is 5.56 Å². The molecule has 3 N–H and O–H groups in total. The van der Waals surface area contributed by atoms with Gasteiger partial charge in [0.25, 0.3) is 0 Å². The maximum atomic E-state index is 10.6. The lowest BCUT2D eigenvalue weighted by Gasteiger charge is -2.03. The van der Waals surface area contributed by atoms with Crippen molar-refractivity contribution in [3.8, 4) is 0 Å². The Morgan fingerprint density at radius 2 is 2.08 bits per heavy atom. The molecule has 0 fully saturated rings. The summed E-state index contributed by atoms with van der Waals surface area (Å²) >= 11 is 0. The second-order valence-electron chi connectivity index (χ2n) is 2.24. The van der Waals surface area contributed by atoms with Gasteiger partial charge in [-0.15, -0.1) is 0 Å². The molecule has 0 atom stereocenters. The zero-order valence-electron chi connectivity index (χ0n) is 6.90.